The van der Waals surface area contributed by atoms with Gasteiger partial charge in [0, 0.05) is 37.6 Å². The van der Waals surface area contributed by atoms with Crippen LogP contribution in [0.1, 0.15) is 50.7 Å². The van der Waals surface area contributed by atoms with E-state index in [0.717, 1.165) is 33.4 Å². The Balaban J connectivity index is 0.00000372. The van der Waals surface area contributed by atoms with Crippen molar-refractivity contribution in [2.24, 2.45) is 0 Å². The van der Waals surface area contributed by atoms with E-state index in [1.165, 1.54) is 38.3 Å². The third-order valence-corrected chi connectivity index (χ3v) is 12.8. The number of para-hydroxylation sites is 2. The molecule has 0 spiro atoms. The van der Waals surface area contributed by atoms with Crippen molar-refractivity contribution >= 4 is 40.4 Å². The zero-order valence-electron chi connectivity index (χ0n) is 27.3. The molecule has 2 heterocycles. The predicted molar refractivity (Wildman–Crippen MR) is 192 cm³/mol. The van der Waals surface area contributed by atoms with Gasteiger partial charge in [-0.05, 0) is 58.4 Å². The average Bonchev–Trinajstić information content (AvgIpc) is 3.66. The molecule has 5 heteroatoms. The zero-order valence-corrected chi connectivity index (χ0v) is 30.7. The molecule has 0 saturated carbocycles. The Morgan fingerprint density at radius 1 is 0.674 bits per heavy atom. The summed E-state index contributed by atoms with van der Waals surface area (Å²) in [5, 5.41) is 3.82. The second-order valence-corrected chi connectivity index (χ2v) is 17.6. The van der Waals surface area contributed by atoms with Crippen molar-refractivity contribution in [2.75, 3.05) is 0 Å². The van der Waals surface area contributed by atoms with Gasteiger partial charge in [0.2, 0.25) is 0 Å². The summed E-state index contributed by atoms with van der Waals surface area (Å²) < 4.78 is 8.51. The van der Waals surface area contributed by atoms with Crippen LogP contribution in [0.5, 0.6) is 0 Å². The average molecular weight is 796 g/mol. The summed E-state index contributed by atoms with van der Waals surface area (Å²) in [6.45, 7) is 14.0. The Hall–Kier alpha value is -4.02. The van der Waals surface area contributed by atoms with Gasteiger partial charge in [0.25, 0.3) is 0 Å². The number of rotatable bonds is 7. The van der Waals surface area contributed by atoms with Crippen molar-refractivity contribution in [3.63, 3.8) is 0 Å². The molecule has 2 aromatic heterocycles. The fourth-order valence-corrected chi connectivity index (χ4v) is 8.95. The van der Waals surface area contributed by atoms with E-state index in [-0.39, 0.29) is 20.1 Å². The minimum atomic E-state index is -1.95. The molecular weight excluding hydrogens is 757 g/mol. The molecule has 0 atom stereocenters. The third-order valence-electron chi connectivity index (χ3n) is 9.26. The maximum Gasteiger partial charge on any atom is 0.111 e. The molecule has 0 aliphatic heterocycles. The number of imidazole rings is 1. The van der Waals surface area contributed by atoms with Crippen LogP contribution in [0, 0.1) is 6.26 Å². The van der Waals surface area contributed by atoms with Crippen LogP contribution < -0.4 is 10.4 Å². The summed E-state index contributed by atoms with van der Waals surface area (Å²) in [6.07, 6.45) is 3.31. The van der Waals surface area contributed by atoms with Gasteiger partial charge in [0.15, 0.2) is 0 Å². The molecule has 7 rings (SSSR count). The molecule has 46 heavy (non-hydrogen) atoms. The van der Waals surface area contributed by atoms with Crippen molar-refractivity contribution in [1.29, 1.82) is 0 Å². The first kappa shape index (κ1) is 31.9. The van der Waals surface area contributed by atoms with Crippen LogP contribution in [0.4, 0.5) is 0 Å². The molecule has 3 nitrogen and oxygen atoms in total. The largest absolute Gasteiger partial charge is 0.557 e. The molecule has 7 aromatic rings. The molecule has 0 fully saturated rings. The molecule has 0 aliphatic carbocycles. The standard InChI is InChI=1S/C41H39N2OSi.Ir/c1-27(2)33-23-30(29-15-9-7-10-16-29)24-34(28(3)4)40(33)43-38-20-14-13-19-37(38)42-41(43)36-26-44-39-22-21-32(25-35(36)39)45(5,6)31-17-11-8-12-18-31;/h7-25,27-28H,1-6H3;/q-1;. The summed E-state index contributed by atoms with van der Waals surface area (Å²) >= 11 is 0. The number of hydrogen-bond donors (Lipinski definition) is 0. The van der Waals surface area contributed by atoms with Crippen LogP contribution in [0.25, 0.3) is 50.2 Å². The van der Waals surface area contributed by atoms with Crippen LogP contribution in [0.15, 0.2) is 120 Å². The van der Waals surface area contributed by atoms with Crippen LogP contribution in [0.3, 0.4) is 0 Å². The van der Waals surface area contributed by atoms with Crippen molar-refractivity contribution in [3.8, 4) is 28.2 Å². The summed E-state index contributed by atoms with van der Waals surface area (Å²) in [5.74, 6) is 1.46. The second kappa shape index (κ2) is 12.6. The Kier molecular flexibility index (Phi) is 8.78. The fourth-order valence-electron chi connectivity index (χ4n) is 6.59. The van der Waals surface area contributed by atoms with E-state index in [9.17, 15) is 0 Å². The van der Waals surface area contributed by atoms with Gasteiger partial charge >= 0.3 is 0 Å². The van der Waals surface area contributed by atoms with Gasteiger partial charge in [-0.15, -0.1) is 6.07 Å². The van der Waals surface area contributed by atoms with Gasteiger partial charge < -0.3 is 8.98 Å². The van der Waals surface area contributed by atoms with Crippen LogP contribution in [-0.2, 0) is 20.1 Å². The van der Waals surface area contributed by atoms with E-state index >= 15 is 0 Å². The zero-order chi connectivity index (χ0) is 31.3. The van der Waals surface area contributed by atoms with Crippen molar-refractivity contribution in [3.05, 3.63) is 133 Å². The first-order valence-electron chi connectivity index (χ1n) is 16.0. The minimum Gasteiger partial charge on any atom is -0.557 e. The first-order chi connectivity index (χ1) is 21.7. The number of nitrogens with zero attached hydrogens (tertiary/aromatic N) is 2. The monoisotopic (exact) mass is 796 g/mol. The Bertz CT molecular complexity index is 2110. The van der Waals surface area contributed by atoms with Crippen LogP contribution >= 0.6 is 0 Å². The van der Waals surface area contributed by atoms with E-state index in [1.54, 1.807) is 0 Å². The summed E-state index contributed by atoms with van der Waals surface area (Å²) in [6, 6.07) is 41.5. The molecule has 0 saturated heterocycles. The van der Waals surface area contributed by atoms with E-state index < -0.39 is 8.07 Å². The number of fused-ring (bicyclic) bond motifs is 2. The summed E-state index contributed by atoms with van der Waals surface area (Å²) in [5.41, 5.74) is 10.1. The van der Waals surface area contributed by atoms with Crippen molar-refractivity contribution in [2.45, 2.75) is 52.6 Å². The maximum absolute atomic E-state index is 6.13. The van der Waals surface area contributed by atoms with Gasteiger partial charge in [-0.3, -0.25) is 4.98 Å². The third kappa shape index (κ3) is 5.51. The molecular formula is C41H39IrN2OSi-. The topological polar surface area (TPSA) is 31.0 Å². The normalized spacial score (nSPS) is 11.9. The molecule has 5 aromatic carbocycles. The molecule has 233 valence electrons. The SMILES string of the molecule is CC(C)c1cc(-c2ccccc2)cc(C(C)C)c1-n1c(-c2[c-]oc3ccc([Si](C)(C)c4ccccc4)cc23)nc2ccccc21.[Ir]. The van der Waals surface area contributed by atoms with E-state index in [2.05, 4.69) is 167 Å². The quantitative estimate of drug-likeness (QED) is 0.119. The van der Waals surface area contributed by atoms with Crippen LogP contribution in [0.2, 0.25) is 13.1 Å². The molecule has 1 radical (unpaired) electrons. The smallest absolute Gasteiger partial charge is 0.111 e. The molecule has 0 N–H and O–H groups in total. The van der Waals surface area contributed by atoms with E-state index in [4.69, 9.17) is 9.40 Å². The summed E-state index contributed by atoms with van der Waals surface area (Å²) in [7, 11) is -1.95. The van der Waals surface area contributed by atoms with Gasteiger partial charge in [0.1, 0.15) is 8.07 Å². The molecule has 0 aliphatic rings. The maximum atomic E-state index is 6.13. The molecule has 0 bridgehead atoms. The van der Waals surface area contributed by atoms with Crippen molar-refractivity contribution < 1.29 is 24.5 Å². The first-order valence-corrected chi connectivity index (χ1v) is 19.0. The van der Waals surface area contributed by atoms with Gasteiger partial charge in [-0.1, -0.05) is 147 Å². The number of furan rings is 1. The predicted octanol–water partition coefficient (Wildman–Crippen LogP) is 9.97. The van der Waals surface area contributed by atoms with Gasteiger partial charge in [-0.25, -0.2) is 0 Å². The minimum absolute atomic E-state index is 0. The summed E-state index contributed by atoms with van der Waals surface area (Å²) in [4.78, 5) is 5.30. The number of aromatic nitrogens is 2. The van der Waals surface area contributed by atoms with Crippen LogP contribution in [-0.4, -0.2) is 17.6 Å². The second-order valence-electron chi connectivity index (χ2n) is 13.2. The van der Waals surface area contributed by atoms with E-state index in [0.29, 0.717) is 11.8 Å². The Morgan fingerprint density at radius 3 is 1.93 bits per heavy atom. The molecule has 0 amide bonds. The number of benzene rings is 5. The number of hydrogen-bond acceptors (Lipinski definition) is 2. The molecule has 0 unspecified atom stereocenters. The van der Waals surface area contributed by atoms with Gasteiger partial charge in [0.05, 0.1) is 16.9 Å². The Morgan fingerprint density at radius 2 is 1.28 bits per heavy atom. The van der Waals surface area contributed by atoms with Crippen molar-refractivity contribution in [1.82, 2.24) is 9.55 Å². The van der Waals surface area contributed by atoms with Gasteiger partial charge in [-0.2, -0.15) is 0 Å². The fraction of sp³-hybridized carbons (Fsp3) is 0.195. The van der Waals surface area contributed by atoms with E-state index in [1.807, 2.05) is 0 Å². The Labute approximate surface area is 286 Å².